The minimum atomic E-state index is -0.387. The molecule has 21 heavy (non-hydrogen) atoms. The number of hydrogen-bond acceptors (Lipinski definition) is 3. The van der Waals surface area contributed by atoms with Crippen LogP contribution in [0.4, 0.5) is 10.5 Å². The van der Waals surface area contributed by atoms with Crippen LogP contribution < -0.4 is 5.32 Å². The van der Waals surface area contributed by atoms with Crippen molar-refractivity contribution >= 4 is 23.5 Å². The van der Waals surface area contributed by atoms with E-state index in [2.05, 4.69) is 32.2 Å². The maximum atomic E-state index is 12.1. The molecule has 1 atom stereocenters. The summed E-state index contributed by atoms with van der Waals surface area (Å²) in [5, 5.41) is 12.4. The third-order valence-corrected chi connectivity index (χ3v) is 4.42. The van der Waals surface area contributed by atoms with E-state index in [9.17, 15) is 9.90 Å². The molecule has 0 aliphatic carbocycles. The van der Waals surface area contributed by atoms with E-state index in [1.54, 1.807) is 4.90 Å². The molecule has 1 aromatic carbocycles. The molecule has 0 unspecified atom stereocenters. The number of rotatable bonds is 2. The summed E-state index contributed by atoms with van der Waals surface area (Å²) >= 11 is 1.81. The Balaban J connectivity index is 2.02. The number of benzene rings is 1. The molecule has 0 spiro atoms. The Morgan fingerprint density at radius 2 is 2.14 bits per heavy atom. The van der Waals surface area contributed by atoms with Gasteiger partial charge in [-0.05, 0) is 37.1 Å². The summed E-state index contributed by atoms with van der Waals surface area (Å²) in [7, 11) is 0. The van der Waals surface area contributed by atoms with Crippen molar-refractivity contribution in [2.75, 3.05) is 18.4 Å². The molecule has 0 radical (unpaired) electrons. The highest BCUT2D eigenvalue weighted by Crippen LogP contribution is 2.33. The Morgan fingerprint density at radius 1 is 1.43 bits per heavy atom. The van der Waals surface area contributed by atoms with Gasteiger partial charge in [0.05, 0.1) is 6.10 Å². The van der Waals surface area contributed by atoms with Gasteiger partial charge in [0.25, 0.3) is 0 Å². The number of nitrogens with one attached hydrogen (secondary N) is 1. The minimum absolute atomic E-state index is 0.133. The van der Waals surface area contributed by atoms with Gasteiger partial charge >= 0.3 is 6.03 Å². The number of aliphatic hydroxyl groups excluding tert-OH is 1. The van der Waals surface area contributed by atoms with E-state index in [-0.39, 0.29) is 16.9 Å². The number of thioether (sulfide) groups is 1. The Morgan fingerprint density at radius 3 is 2.67 bits per heavy atom. The Labute approximate surface area is 130 Å². The highest BCUT2D eigenvalue weighted by molar-refractivity contribution is 8.00. The number of aryl methyl sites for hydroxylation is 1. The molecule has 0 aromatic heterocycles. The van der Waals surface area contributed by atoms with Crippen LogP contribution in [0.15, 0.2) is 23.1 Å². The number of nitrogens with zero attached hydrogens (tertiary/aromatic N) is 1. The molecule has 1 saturated heterocycles. The second-order valence-corrected chi connectivity index (χ2v) is 8.41. The first-order chi connectivity index (χ1) is 9.74. The molecule has 1 aliphatic heterocycles. The molecule has 1 heterocycles. The first-order valence-corrected chi connectivity index (χ1v) is 8.10. The fourth-order valence-corrected chi connectivity index (χ4v) is 3.39. The van der Waals surface area contributed by atoms with E-state index in [0.29, 0.717) is 19.5 Å². The maximum absolute atomic E-state index is 12.1. The van der Waals surface area contributed by atoms with E-state index >= 15 is 0 Å². The predicted octanol–water partition coefficient (Wildman–Crippen LogP) is 3.48. The largest absolute Gasteiger partial charge is 0.391 e. The van der Waals surface area contributed by atoms with Gasteiger partial charge in [0, 0.05) is 28.4 Å². The second-order valence-electron chi connectivity index (χ2n) is 6.51. The molecule has 116 valence electrons. The van der Waals surface area contributed by atoms with Crippen molar-refractivity contribution in [3.05, 3.63) is 23.8 Å². The van der Waals surface area contributed by atoms with E-state index < -0.39 is 0 Å². The Hall–Kier alpha value is -1.20. The van der Waals surface area contributed by atoms with Crippen LogP contribution in [0, 0.1) is 6.92 Å². The van der Waals surface area contributed by atoms with E-state index in [1.807, 2.05) is 30.8 Å². The van der Waals surface area contributed by atoms with Gasteiger partial charge in [-0.25, -0.2) is 4.79 Å². The number of β-amino-alcohol motifs (C(OH)–C–C–N with tert-alkyl or cyclic N) is 1. The van der Waals surface area contributed by atoms with Crippen LogP contribution in [0.1, 0.15) is 32.8 Å². The van der Waals surface area contributed by atoms with Crippen molar-refractivity contribution < 1.29 is 9.90 Å². The SMILES string of the molecule is Cc1cc(SC(C)(C)C)ccc1NC(=O)N1CC[C@@H](O)C1. The van der Waals surface area contributed by atoms with Crippen molar-refractivity contribution in [2.24, 2.45) is 0 Å². The molecule has 1 aromatic rings. The van der Waals surface area contributed by atoms with Crippen LogP contribution in [0.5, 0.6) is 0 Å². The van der Waals surface area contributed by atoms with Gasteiger partial charge in [0.15, 0.2) is 0 Å². The molecular weight excluding hydrogens is 284 g/mol. The lowest BCUT2D eigenvalue weighted by Gasteiger charge is -2.20. The molecule has 5 heteroatoms. The Bertz CT molecular complexity index is 525. The fraction of sp³-hybridized carbons (Fsp3) is 0.562. The molecule has 2 rings (SSSR count). The second kappa shape index (κ2) is 6.28. The average Bonchev–Trinajstić information content (AvgIpc) is 2.77. The molecule has 1 fully saturated rings. The van der Waals surface area contributed by atoms with Crippen molar-refractivity contribution in [1.29, 1.82) is 0 Å². The predicted molar refractivity (Wildman–Crippen MR) is 88.0 cm³/mol. The standard InChI is InChI=1S/C16H24N2O2S/c1-11-9-13(21-16(2,3)4)5-6-14(11)17-15(20)18-8-7-12(19)10-18/h5-6,9,12,19H,7-8,10H2,1-4H3,(H,17,20)/t12-/m1/s1. The molecular formula is C16H24N2O2S. The van der Waals surface area contributed by atoms with Crippen LogP contribution in [-0.4, -0.2) is 40.0 Å². The minimum Gasteiger partial charge on any atom is -0.391 e. The average molecular weight is 308 g/mol. The number of aliphatic hydroxyl groups is 1. The quantitative estimate of drug-likeness (QED) is 0.822. The van der Waals surface area contributed by atoms with Crippen molar-refractivity contribution in [2.45, 2.75) is 49.9 Å². The zero-order valence-corrected chi connectivity index (χ0v) is 14.0. The van der Waals surface area contributed by atoms with Crippen LogP contribution >= 0.6 is 11.8 Å². The van der Waals surface area contributed by atoms with Gasteiger partial charge in [0.2, 0.25) is 0 Å². The number of hydrogen-bond donors (Lipinski definition) is 2. The monoisotopic (exact) mass is 308 g/mol. The zero-order chi connectivity index (χ0) is 15.6. The van der Waals surface area contributed by atoms with Gasteiger partial charge in [-0.1, -0.05) is 20.8 Å². The normalized spacial score (nSPS) is 18.9. The molecule has 4 nitrogen and oxygen atoms in total. The van der Waals surface area contributed by atoms with Gasteiger partial charge in [0.1, 0.15) is 0 Å². The summed E-state index contributed by atoms with van der Waals surface area (Å²) in [6.07, 6.45) is 0.274. The third kappa shape index (κ3) is 4.64. The summed E-state index contributed by atoms with van der Waals surface area (Å²) < 4.78 is 0.170. The first-order valence-electron chi connectivity index (χ1n) is 7.28. The summed E-state index contributed by atoms with van der Waals surface area (Å²) in [4.78, 5) is 15.0. The number of anilines is 1. The molecule has 1 aliphatic rings. The first kappa shape index (κ1) is 16.2. The van der Waals surface area contributed by atoms with E-state index in [1.165, 1.54) is 4.90 Å². The van der Waals surface area contributed by atoms with Gasteiger partial charge < -0.3 is 15.3 Å². The van der Waals surface area contributed by atoms with Crippen LogP contribution in [0.2, 0.25) is 0 Å². The van der Waals surface area contributed by atoms with Crippen LogP contribution in [0.3, 0.4) is 0 Å². The molecule has 0 bridgehead atoms. The molecule has 2 amide bonds. The topological polar surface area (TPSA) is 52.6 Å². The molecule has 2 N–H and O–H groups in total. The van der Waals surface area contributed by atoms with E-state index in [0.717, 1.165) is 11.3 Å². The van der Waals surface area contributed by atoms with Gasteiger partial charge in [-0.3, -0.25) is 0 Å². The lowest BCUT2D eigenvalue weighted by molar-refractivity contribution is 0.176. The van der Waals surface area contributed by atoms with Crippen molar-refractivity contribution in [3.8, 4) is 0 Å². The van der Waals surface area contributed by atoms with Gasteiger partial charge in [-0.15, -0.1) is 11.8 Å². The summed E-state index contributed by atoms with van der Waals surface area (Å²) in [6, 6.07) is 5.96. The lowest BCUT2D eigenvalue weighted by atomic mass is 10.2. The van der Waals surface area contributed by atoms with Gasteiger partial charge in [-0.2, -0.15) is 0 Å². The maximum Gasteiger partial charge on any atom is 0.321 e. The highest BCUT2D eigenvalue weighted by atomic mass is 32.2. The van der Waals surface area contributed by atoms with Crippen molar-refractivity contribution in [3.63, 3.8) is 0 Å². The Kier molecular flexibility index (Phi) is 4.84. The number of carbonyl (C=O) groups excluding carboxylic acids is 1. The smallest absolute Gasteiger partial charge is 0.321 e. The summed E-state index contributed by atoms with van der Waals surface area (Å²) in [5.74, 6) is 0. The van der Waals surface area contributed by atoms with E-state index in [4.69, 9.17) is 0 Å². The zero-order valence-electron chi connectivity index (χ0n) is 13.1. The van der Waals surface area contributed by atoms with Crippen LogP contribution in [0.25, 0.3) is 0 Å². The van der Waals surface area contributed by atoms with Crippen molar-refractivity contribution in [1.82, 2.24) is 4.90 Å². The number of carbonyl (C=O) groups is 1. The fourth-order valence-electron chi connectivity index (χ4n) is 2.31. The summed E-state index contributed by atoms with van der Waals surface area (Å²) in [6.45, 7) is 9.58. The lowest BCUT2D eigenvalue weighted by Crippen LogP contribution is -2.33. The number of likely N-dealkylation sites (tertiary alicyclic amines) is 1. The van der Waals surface area contributed by atoms with Crippen LogP contribution in [-0.2, 0) is 0 Å². The number of amides is 2. The molecule has 0 saturated carbocycles. The number of urea groups is 1. The summed E-state index contributed by atoms with van der Waals surface area (Å²) in [5.41, 5.74) is 1.89. The highest BCUT2D eigenvalue weighted by Gasteiger charge is 2.24. The third-order valence-electron chi connectivity index (χ3n) is 3.31.